The van der Waals surface area contributed by atoms with Gasteiger partial charge in [-0.15, -0.1) is 0 Å². The first kappa shape index (κ1) is 15.0. The Morgan fingerprint density at radius 2 is 2.11 bits per heavy atom. The number of carbonyl (C=O) groups excluding carboxylic acids is 1. The largest absolute Gasteiger partial charge is 0.326 e. The van der Waals surface area contributed by atoms with Gasteiger partial charge in [0.2, 0.25) is 5.91 Å². The quantitative estimate of drug-likeness (QED) is 0.742. The zero-order valence-electron chi connectivity index (χ0n) is 10.9. The lowest BCUT2D eigenvalue weighted by molar-refractivity contribution is -0.116. The predicted molar refractivity (Wildman–Crippen MR) is 76.1 cm³/mol. The fourth-order valence-electron chi connectivity index (χ4n) is 1.42. The molecule has 2 N–H and O–H groups in total. The van der Waals surface area contributed by atoms with E-state index >= 15 is 0 Å². The van der Waals surface area contributed by atoms with E-state index < -0.39 is 0 Å². The van der Waals surface area contributed by atoms with Crippen LogP contribution in [0.1, 0.15) is 6.42 Å². The molecule has 4 nitrogen and oxygen atoms in total. The summed E-state index contributed by atoms with van der Waals surface area (Å²) in [6.45, 7) is 2.54. The van der Waals surface area contributed by atoms with E-state index in [1.807, 2.05) is 26.2 Å². The van der Waals surface area contributed by atoms with Crippen LogP contribution in [-0.4, -0.2) is 44.5 Å². The second-order valence-electron chi connectivity index (χ2n) is 4.36. The first-order chi connectivity index (χ1) is 8.58. The molecule has 0 aromatic heterocycles. The molecule has 0 aliphatic heterocycles. The highest BCUT2D eigenvalue weighted by Gasteiger charge is 2.02. The van der Waals surface area contributed by atoms with Gasteiger partial charge in [0.15, 0.2) is 0 Å². The van der Waals surface area contributed by atoms with Crippen molar-refractivity contribution in [1.29, 1.82) is 0 Å². The Morgan fingerprint density at radius 1 is 1.33 bits per heavy atom. The Kier molecular flexibility index (Phi) is 6.72. The van der Waals surface area contributed by atoms with Crippen molar-refractivity contribution >= 4 is 23.2 Å². The van der Waals surface area contributed by atoms with Crippen LogP contribution >= 0.6 is 11.6 Å². The lowest BCUT2D eigenvalue weighted by atomic mass is 10.3. The number of benzene rings is 1. The Hall–Kier alpha value is -1.10. The molecule has 0 spiro atoms. The molecule has 0 bridgehead atoms. The first-order valence-electron chi connectivity index (χ1n) is 5.99. The molecule has 1 aromatic carbocycles. The summed E-state index contributed by atoms with van der Waals surface area (Å²) in [5.41, 5.74) is 0.737. The maximum Gasteiger partial charge on any atom is 0.225 e. The van der Waals surface area contributed by atoms with Gasteiger partial charge in [0.25, 0.3) is 0 Å². The highest BCUT2D eigenvalue weighted by Crippen LogP contribution is 2.14. The molecule has 0 saturated heterocycles. The van der Waals surface area contributed by atoms with Crippen molar-refractivity contribution in [3.63, 3.8) is 0 Å². The molecule has 0 atom stereocenters. The van der Waals surface area contributed by atoms with Crippen molar-refractivity contribution in [2.24, 2.45) is 0 Å². The lowest BCUT2D eigenvalue weighted by Gasteiger charge is -2.10. The molecule has 1 aromatic rings. The van der Waals surface area contributed by atoms with Crippen molar-refractivity contribution in [2.75, 3.05) is 39.0 Å². The minimum Gasteiger partial charge on any atom is -0.326 e. The Labute approximate surface area is 113 Å². The standard InChI is InChI=1S/C13H20ClN3O/c1-17(2)9-8-15-7-6-13(18)16-12-5-3-4-11(14)10-12/h3-5,10,15H,6-9H2,1-2H3,(H,16,18). The Bertz CT molecular complexity index is 382. The number of amides is 1. The molecular formula is C13H20ClN3O. The number of hydrogen-bond donors (Lipinski definition) is 2. The number of rotatable bonds is 7. The van der Waals surface area contributed by atoms with Crippen LogP contribution in [0.15, 0.2) is 24.3 Å². The number of nitrogens with zero attached hydrogens (tertiary/aromatic N) is 1. The number of nitrogens with one attached hydrogen (secondary N) is 2. The van der Waals surface area contributed by atoms with E-state index in [2.05, 4.69) is 15.5 Å². The van der Waals surface area contributed by atoms with Gasteiger partial charge in [0, 0.05) is 36.8 Å². The third-order valence-corrected chi connectivity index (χ3v) is 2.61. The second-order valence-corrected chi connectivity index (χ2v) is 4.80. The van der Waals surface area contributed by atoms with Crippen LogP contribution in [-0.2, 0) is 4.79 Å². The van der Waals surface area contributed by atoms with E-state index in [0.29, 0.717) is 18.0 Å². The van der Waals surface area contributed by atoms with Gasteiger partial charge < -0.3 is 15.5 Å². The molecule has 0 aliphatic rings. The molecule has 0 radical (unpaired) electrons. The number of halogens is 1. The average Bonchev–Trinajstić information content (AvgIpc) is 2.28. The van der Waals surface area contributed by atoms with Crippen LogP contribution in [0, 0.1) is 0 Å². The highest BCUT2D eigenvalue weighted by atomic mass is 35.5. The molecule has 0 fully saturated rings. The van der Waals surface area contributed by atoms with Crippen LogP contribution < -0.4 is 10.6 Å². The maximum atomic E-state index is 11.6. The minimum absolute atomic E-state index is 0.00498. The molecule has 0 unspecified atom stereocenters. The number of likely N-dealkylation sites (N-methyl/N-ethyl adjacent to an activating group) is 1. The minimum atomic E-state index is -0.00498. The van der Waals surface area contributed by atoms with Gasteiger partial charge in [-0.1, -0.05) is 17.7 Å². The molecule has 1 rings (SSSR count). The van der Waals surface area contributed by atoms with Crippen molar-refractivity contribution in [3.8, 4) is 0 Å². The van der Waals surface area contributed by atoms with Crippen molar-refractivity contribution in [3.05, 3.63) is 29.3 Å². The van der Waals surface area contributed by atoms with Gasteiger partial charge in [0.05, 0.1) is 0 Å². The summed E-state index contributed by atoms with van der Waals surface area (Å²) in [7, 11) is 4.04. The van der Waals surface area contributed by atoms with E-state index in [0.717, 1.165) is 18.8 Å². The molecule has 0 saturated carbocycles. The average molecular weight is 270 g/mol. The number of hydrogen-bond acceptors (Lipinski definition) is 3. The van der Waals surface area contributed by atoms with Gasteiger partial charge in [-0.25, -0.2) is 0 Å². The van der Waals surface area contributed by atoms with Crippen LogP contribution in [0.25, 0.3) is 0 Å². The lowest BCUT2D eigenvalue weighted by Crippen LogP contribution is -2.29. The summed E-state index contributed by atoms with van der Waals surface area (Å²) < 4.78 is 0. The van der Waals surface area contributed by atoms with Gasteiger partial charge in [-0.3, -0.25) is 4.79 Å². The van der Waals surface area contributed by atoms with Gasteiger partial charge in [0.1, 0.15) is 0 Å². The normalized spacial score (nSPS) is 10.7. The van der Waals surface area contributed by atoms with Crippen molar-refractivity contribution in [1.82, 2.24) is 10.2 Å². The number of anilines is 1. The van der Waals surface area contributed by atoms with Gasteiger partial charge in [-0.2, -0.15) is 0 Å². The van der Waals surface area contributed by atoms with Crippen LogP contribution in [0.3, 0.4) is 0 Å². The summed E-state index contributed by atoms with van der Waals surface area (Å²) >= 11 is 5.84. The fraction of sp³-hybridized carbons (Fsp3) is 0.462. The summed E-state index contributed by atoms with van der Waals surface area (Å²) in [5.74, 6) is -0.00498. The monoisotopic (exact) mass is 269 g/mol. The van der Waals surface area contributed by atoms with E-state index in [9.17, 15) is 4.79 Å². The topological polar surface area (TPSA) is 44.4 Å². The zero-order valence-corrected chi connectivity index (χ0v) is 11.6. The molecule has 5 heteroatoms. The summed E-state index contributed by atoms with van der Waals surface area (Å²) in [5, 5.41) is 6.65. The summed E-state index contributed by atoms with van der Waals surface area (Å²) in [6.07, 6.45) is 0.458. The molecule has 0 aliphatic carbocycles. The Balaban J connectivity index is 2.18. The summed E-state index contributed by atoms with van der Waals surface area (Å²) in [6, 6.07) is 7.15. The Morgan fingerprint density at radius 3 is 2.78 bits per heavy atom. The fourth-order valence-corrected chi connectivity index (χ4v) is 1.61. The van der Waals surface area contributed by atoms with E-state index in [-0.39, 0.29) is 5.91 Å². The van der Waals surface area contributed by atoms with Gasteiger partial charge in [-0.05, 0) is 32.3 Å². The van der Waals surface area contributed by atoms with E-state index in [1.165, 1.54) is 0 Å². The second kappa shape index (κ2) is 8.08. The number of carbonyl (C=O) groups is 1. The third kappa shape index (κ3) is 6.59. The predicted octanol–water partition coefficient (Wildman–Crippen LogP) is 1.82. The third-order valence-electron chi connectivity index (χ3n) is 2.37. The highest BCUT2D eigenvalue weighted by molar-refractivity contribution is 6.30. The SMILES string of the molecule is CN(C)CCNCCC(=O)Nc1cccc(Cl)c1. The first-order valence-corrected chi connectivity index (χ1v) is 6.36. The zero-order chi connectivity index (χ0) is 13.4. The van der Waals surface area contributed by atoms with Crippen LogP contribution in [0.4, 0.5) is 5.69 Å². The molecule has 0 heterocycles. The van der Waals surface area contributed by atoms with Crippen molar-refractivity contribution in [2.45, 2.75) is 6.42 Å². The molecular weight excluding hydrogens is 250 g/mol. The molecule has 100 valence electrons. The molecule has 1 amide bonds. The summed E-state index contributed by atoms with van der Waals surface area (Å²) in [4.78, 5) is 13.7. The van der Waals surface area contributed by atoms with Crippen LogP contribution in [0.2, 0.25) is 5.02 Å². The maximum absolute atomic E-state index is 11.6. The van der Waals surface area contributed by atoms with Crippen LogP contribution in [0.5, 0.6) is 0 Å². The smallest absolute Gasteiger partial charge is 0.225 e. The van der Waals surface area contributed by atoms with E-state index in [4.69, 9.17) is 11.6 Å². The molecule has 18 heavy (non-hydrogen) atoms. The van der Waals surface area contributed by atoms with Gasteiger partial charge >= 0.3 is 0 Å². The van der Waals surface area contributed by atoms with E-state index in [1.54, 1.807) is 12.1 Å². The van der Waals surface area contributed by atoms with Crippen molar-refractivity contribution < 1.29 is 4.79 Å².